The molecule has 9 heteroatoms. The number of urea groups is 1. The average molecular weight is 395 g/mol. The van der Waals surface area contributed by atoms with E-state index in [0.717, 1.165) is 17.0 Å². The van der Waals surface area contributed by atoms with Crippen LogP contribution in [0.25, 0.3) is 5.82 Å². The van der Waals surface area contributed by atoms with Crippen molar-refractivity contribution in [2.75, 3.05) is 30.8 Å². The number of aromatic nitrogens is 4. The number of hydrogen-bond donors (Lipinski definition) is 3. The lowest BCUT2D eigenvalue weighted by Crippen LogP contribution is -2.32. The van der Waals surface area contributed by atoms with Gasteiger partial charge in [0.1, 0.15) is 11.6 Å². The Kier molecular flexibility index (Phi) is 6.28. The number of benzene rings is 1. The van der Waals surface area contributed by atoms with E-state index in [0.29, 0.717) is 36.2 Å². The zero-order chi connectivity index (χ0) is 20.8. The summed E-state index contributed by atoms with van der Waals surface area (Å²) in [7, 11) is 1.56. The number of para-hydroxylation sites is 2. The van der Waals surface area contributed by atoms with E-state index in [1.54, 1.807) is 23.9 Å². The maximum Gasteiger partial charge on any atom is 0.319 e. The first-order chi connectivity index (χ1) is 14.0. The fourth-order valence-corrected chi connectivity index (χ4v) is 2.76. The number of anilines is 2. The Balaban J connectivity index is 1.47. The van der Waals surface area contributed by atoms with Crippen LogP contribution in [0.4, 0.5) is 16.3 Å². The predicted molar refractivity (Wildman–Crippen MR) is 112 cm³/mol. The standard InChI is InChI=1S/C20H25N7O2/c1-13-14(2)26-27(15(13)3)19-10-9-18(24-25-19)21-11-12-22-20(28)23-16-7-5-6-8-17(16)29-4/h5-10H,11-12H2,1-4H3,(H,21,24)(H2,22,23,28). The van der Waals surface area contributed by atoms with Gasteiger partial charge >= 0.3 is 6.03 Å². The first kappa shape index (κ1) is 20.1. The molecule has 0 fully saturated rings. The number of nitrogens with zero attached hydrogens (tertiary/aromatic N) is 4. The lowest BCUT2D eigenvalue weighted by atomic mass is 10.2. The van der Waals surface area contributed by atoms with Gasteiger partial charge in [0.25, 0.3) is 0 Å². The maximum absolute atomic E-state index is 12.0. The van der Waals surface area contributed by atoms with Crippen LogP contribution in [0.3, 0.4) is 0 Å². The summed E-state index contributed by atoms with van der Waals surface area (Å²) in [5.41, 5.74) is 3.78. The van der Waals surface area contributed by atoms with Crippen LogP contribution in [-0.4, -0.2) is 46.2 Å². The van der Waals surface area contributed by atoms with Crippen molar-refractivity contribution in [1.82, 2.24) is 25.3 Å². The molecule has 152 valence electrons. The van der Waals surface area contributed by atoms with Crippen LogP contribution in [0.15, 0.2) is 36.4 Å². The lowest BCUT2D eigenvalue weighted by molar-refractivity contribution is 0.252. The molecule has 0 unspecified atom stereocenters. The third-order valence-electron chi connectivity index (χ3n) is 4.59. The van der Waals surface area contributed by atoms with Crippen molar-refractivity contribution in [1.29, 1.82) is 0 Å². The molecule has 2 amide bonds. The van der Waals surface area contributed by atoms with Gasteiger partial charge in [-0.2, -0.15) is 5.10 Å². The minimum Gasteiger partial charge on any atom is -0.495 e. The van der Waals surface area contributed by atoms with E-state index in [-0.39, 0.29) is 6.03 Å². The van der Waals surface area contributed by atoms with E-state index >= 15 is 0 Å². The van der Waals surface area contributed by atoms with E-state index in [2.05, 4.69) is 31.2 Å². The number of carbonyl (C=O) groups excluding carboxylic acids is 1. The minimum absolute atomic E-state index is 0.308. The normalized spacial score (nSPS) is 10.5. The summed E-state index contributed by atoms with van der Waals surface area (Å²) in [6.45, 7) is 6.94. The van der Waals surface area contributed by atoms with Crippen molar-refractivity contribution in [3.63, 3.8) is 0 Å². The van der Waals surface area contributed by atoms with Gasteiger partial charge in [0.05, 0.1) is 18.5 Å². The SMILES string of the molecule is COc1ccccc1NC(=O)NCCNc1ccc(-n2nc(C)c(C)c2C)nn1. The Morgan fingerprint density at radius 3 is 2.52 bits per heavy atom. The highest BCUT2D eigenvalue weighted by Crippen LogP contribution is 2.22. The predicted octanol–water partition coefficient (Wildman–Crippen LogP) is 2.83. The third-order valence-corrected chi connectivity index (χ3v) is 4.59. The van der Waals surface area contributed by atoms with E-state index < -0.39 is 0 Å². The van der Waals surface area contributed by atoms with Crippen molar-refractivity contribution in [3.05, 3.63) is 53.3 Å². The average Bonchev–Trinajstić information content (AvgIpc) is 2.99. The first-order valence-corrected chi connectivity index (χ1v) is 9.28. The monoisotopic (exact) mass is 395 g/mol. The number of aryl methyl sites for hydroxylation is 1. The van der Waals surface area contributed by atoms with Crippen LogP contribution >= 0.6 is 0 Å². The van der Waals surface area contributed by atoms with Gasteiger partial charge < -0.3 is 20.7 Å². The molecule has 0 aliphatic heterocycles. The van der Waals surface area contributed by atoms with E-state index in [1.807, 2.05) is 45.0 Å². The number of hydrogen-bond acceptors (Lipinski definition) is 6. The van der Waals surface area contributed by atoms with Crippen LogP contribution in [0, 0.1) is 20.8 Å². The number of rotatable bonds is 7. The zero-order valence-corrected chi connectivity index (χ0v) is 17.0. The quantitative estimate of drug-likeness (QED) is 0.531. The molecular formula is C20H25N7O2. The second-order valence-electron chi connectivity index (χ2n) is 6.49. The molecule has 0 spiro atoms. The van der Waals surface area contributed by atoms with Gasteiger partial charge in [-0.15, -0.1) is 10.2 Å². The number of carbonyl (C=O) groups is 1. The molecular weight excluding hydrogens is 370 g/mol. The Bertz CT molecular complexity index is 983. The molecule has 3 N–H and O–H groups in total. The van der Waals surface area contributed by atoms with Crippen molar-refractivity contribution < 1.29 is 9.53 Å². The van der Waals surface area contributed by atoms with Crippen molar-refractivity contribution >= 4 is 17.5 Å². The molecule has 0 aliphatic carbocycles. The summed E-state index contributed by atoms with van der Waals surface area (Å²) in [6, 6.07) is 10.6. The van der Waals surface area contributed by atoms with E-state index in [9.17, 15) is 4.79 Å². The minimum atomic E-state index is -0.308. The van der Waals surface area contributed by atoms with E-state index in [1.165, 1.54) is 0 Å². The molecule has 9 nitrogen and oxygen atoms in total. The molecule has 3 rings (SSSR count). The van der Waals surface area contributed by atoms with Gasteiger partial charge in [-0.25, -0.2) is 9.48 Å². The fourth-order valence-electron chi connectivity index (χ4n) is 2.76. The summed E-state index contributed by atoms with van der Waals surface area (Å²) in [4.78, 5) is 12.0. The Morgan fingerprint density at radius 2 is 1.86 bits per heavy atom. The molecule has 3 aromatic rings. The molecule has 0 aliphatic rings. The van der Waals surface area contributed by atoms with Gasteiger partial charge in [-0.05, 0) is 50.6 Å². The van der Waals surface area contributed by atoms with Crippen molar-refractivity contribution in [2.24, 2.45) is 0 Å². The second kappa shape index (κ2) is 9.05. The second-order valence-corrected chi connectivity index (χ2v) is 6.49. The third kappa shape index (κ3) is 4.81. The van der Waals surface area contributed by atoms with Crippen LogP contribution in [0.5, 0.6) is 5.75 Å². The highest BCUT2D eigenvalue weighted by Gasteiger charge is 2.10. The van der Waals surface area contributed by atoms with Gasteiger partial charge in [0.2, 0.25) is 0 Å². The Labute approximate surface area is 169 Å². The molecule has 2 aromatic heterocycles. The highest BCUT2D eigenvalue weighted by molar-refractivity contribution is 5.90. The summed E-state index contributed by atoms with van der Waals surface area (Å²) in [5.74, 6) is 1.89. The Morgan fingerprint density at radius 1 is 1.07 bits per heavy atom. The Hall–Kier alpha value is -3.62. The molecule has 29 heavy (non-hydrogen) atoms. The maximum atomic E-state index is 12.0. The number of ether oxygens (including phenoxy) is 1. The molecule has 2 heterocycles. The largest absolute Gasteiger partial charge is 0.495 e. The van der Waals surface area contributed by atoms with Crippen LogP contribution in [0.2, 0.25) is 0 Å². The van der Waals surface area contributed by atoms with Gasteiger partial charge in [-0.3, -0.25) is 0 Å². The molecule has 0 saturated carbocycles. The first-order valence-electron chi connectivity index (χ1n) is 9.28. The van der Waals surface area contributed by atoms with Gasteiger partial charge in [0, 0.05) is 18.8 Å². The number of methoxy groups -OCH3 is 1. The highest BCUT2D eigenvalue weighted by atomic mass is 16.5. The van der Waals surface area contributed by atoms with Gasteiger partial charge in [0.15, 0.2) is 5.82 Å². The molecule has 0 bridgehead atoms. The smallest absolute Gasteiger partial charge is 0.319 e. The van der Waals surface area contributed by atoms with Crippen molar-refractivity contribution in [2.45, 2.75) is 20.8 Å². The summed E-state index contributed by atoms with van der Waals surface area (Å²) < 4.78 is 6.99. The van der Waals surface area contributed by atoms with Crippen LogP contribution in [-0.2, 0) is 0 Å². The van der Waals surface area contributed by atoms with Crippen molar-refractivity contribution in [3.8, 4) is 11.6 Å². The molecule has 1 aromatic carbocycles. The molecule has 0 atom stereocenters. The number of nitrogens with one attached hydrogen (secondary N) is 3. The van der Waals surface area contributed by atoms with E-state index in [4.69, 9.17) is 4.74 Å². The summed E-state index contributed by atoms with van der Waals surface area (Å²) >= 11 is 0. The van der Waals surface area contributed by atoms with Crippen LogP contribution < -0.4 is 20.7 Å². The summed E-state index contributed by atoms with van der Waals surface area (Å²) in [5, 5.41) is 21.5. The topological polar surface area (TPSA) is 106 Å². The molecule has 0 radical (unpaired) electrons. The number of amides is 2. The van der Waals surface area contributed by atoms with Crippen LogP contribution in [0.1, 0.15) is 17.0 Å². The fraction of sp³-hybridized carbons (Fsp3) is 0.300. The van der Waals surface area contributed by atoms with Gasteiger partial charge in [-0.1, -0.05) is 12.1 Å². The zero-order valence-electron chi connectivity index (χ0n) is 17.0. The summed E-state index contributed by atoms with van der Waals surface area (Å²) in [6.07, 6.45) is 0. The molecule has 0 saturated heterocycles. The lowest BCUT2D eigenvalue weighted by Gasteiger charge is -2.11.